The van der Waals surface area contributed by atoms with E-state index < -0.39 is 0 Å². The first kappa shape index (κ1) is 14.5. The first-order valence-corrected chi connectivity index (χ1v) is 6.99. The molecule has 20 heavy (non-hydrogen) atoms. The van der Waals surface area contributed by atoms with E-state index in [1.54, 1.807) is 16.8 Å². The van der Waals surface area contributed by atoms with Crippen molar-refractivity contribution in [1.29, 1.82) is 0 Å². The molecule has 0 saturated carbocycles. The minimum atomic E-state index is -0.369. The number of rotatable bonds is 5. The lowest BCUT2D eigenvalue weighted by Gasteiger charge is -2.06. The standard InChI is InChI=1S/C13H15BrN4O2/c1-3-11-12(8-17(2)16-11)15-7-9-4-5-10(14)6-13(9)18(19)20/h4-6,8,15H,3,7H2,1-2H3. The highest BCUT2D eigenvalue weighted by Crippen LogP contribution is 2.25. The van der Waals surface area contributed by atoms with Crippen molar-refractivity contribution in [2.75, 3.05) is 5.32 Å². The summed E-state index contributed by atoms with van der Waals surface area (Å²) < 4.78 is 2.43. The molecule has 0 bridgehead atoms. The molecule has 1 aromatic heterocycles. The van der Waals surface area contributed by atoms with Gasteiger partial charge in [0, 0.05) is 35.9 Å². The quantitative estimate of drug-likeness (QED) is 0.670. The van der Waals surface area contributed by atoms with Crippen LogP contribution >= 0.6 is 15.9 Å². The Bertz CT molecular complexity index is 639. The molecule has 0 fully saturated rings. The van der Waals surface area contributed by atoms with Gasteiger partial charge in [0.05, 0.1) is 16.3 Å². The number of nitro groups is 1. The van der Waals surface area contributed by atoms with Crippen molar-refractivity contribution in [3.8, 4) is 0 Å². The Kier molecular flexibility index (Phi) is 4.39. The average Bonchev–Trinajstić information content (AvgIpc) is 2.77. The number of aryl methyl sites for hydroxylation is 2. The second kappa shape index (κ2) is 6.04. The molecule has 6 nitrogen and oxygen atoms in total. The fourth-order valence-electron chi connectivity index (χ4n) is 1.99. The molecular weight excluding hydrogens is 324 g/mol. The van der Waals surface area contributed by atoms with Gasteiger partial charge in [-0.1, -0.05) is 22.9 Å². The molecule has 0 unspecified atom stereocenters. The van der Waals surface area contributed by atoms with E-state index in [9.17, 15) is 10.1 Å². The van der Waals surface area contributed by atoms with E-state index in [0.29, 0.717) is 16.6 Å². The summed E-state index contributed by atoms with van der Waals surface area (Å²) >= 11 is 3.25. The van der Waals surface area contributed by atoms with Gasteiger partial charge in [-0.15, -0.1) is 0 Å². The maximum atomic E-state index is 11.1. The summed E-state index contributed by atoms with van der Waals surface area (Å²) in [5, 5.41) is 18.6. The van der Waals surface area contributed by atoms with Gasteiger partial charge in [0.1, 0.15) is 0 Å². The largest absolute Gasteiger partial charge is 0.378 e. The van der Waals surface area contributed by atoms with Crippen LogP contribution in [0.1, 0.15) is 18.2 Å². The van der Waals surface area contributed by atoms with Crippen LogP contribution < -0.4 is 5.32 Å². The van der Waals surface area contributed by atoms with Crippen LogP contribution in [0.25, 0.3) is 0 Å². The van der Waals surface area contributed by atoms with Crippen molar-refractivity contribution in [3.05, 3.63) is 50.2 Å². The third-order valence-electron chi connectivity index (χ3n) is 2.95. The summed E-state index contributed by atoms with van der Waals surface area (Å²) in [6.45, 7) is 2.41. The van der Waals surface area contributed by atoms with Crippen LogP contribution in [0.2, 0.25) is 0 Å². The second-order valence-electron chi connectivity index (χ2n) is 4.40. The van der Waals surface area contributed by atoms with Crippen LogP contribution in [0.15, 0.2) is 28.9 Å². The summed E-state index contributed by atoms with van der Waals surface area (Å²) in [5.74, 6) is 0. The number of hydrogen-bond donors (Lipinski definition) is 1. The van der Waals surface area contributed by atoms with Crippen molar-refractivity contribution in [3.63, 3.8) is 0 Å². The number of benzene rings is 1. The van der Waals surface area contributed by atoms with Crippen LogP contribution in [-0.2, 0) is 20.0 Å². The molecule has 0 radical (unpaired) electrons. The molecule has 106 valence electrons. The van der Waals surface area contributed by atoms with Gasteiger partial charge in [-0.25, -0.2) is 0 Å². The zero-order valence-electron chi connectivity index (χ0n) is 11.3. The van der Waals surface area contributed by atoms with E-state index in [-0.39, 0.29) is 10.6 Å². The second-order valence-corrected chi connectivity index (χ2v) is 5.32. The molecule has 0 atom stereocenters. The van der Waals surface area contributed by atoms with Crippen molar-refractivity contribution >= 4 is 27.3 Å². The van der Waals surface area contributed by atoms with Crippen LogP contribution in [0, 0.1) is 10.1 Å². The molecule has 1 N–H and O–H groups in total. The fourth-order valence-corrected chi connectivity index (χ4v) is 2.34. The first-order valence-electron chi connectivity index (χ1n) is 6.20. The van der Waals surface area contributed by atoms with Gasteiger partial charge >= 0.3 is 0 Å². The Labute approximate surface area is 125 Å². The summed E-state index contributed by atoms with van der Waals surface area (Å²) in [4.78, 5) is 10.7. The number of nitrogens with zero attached hydrogens (tertiary/aromatic N) is 3. The fraction of sp³-hybridized carbons (Fsp3) is 0.308. The highest BCUT2D eigenvalue weighted by Gasteiger charge is 2.14. The van der Waals surface area contributed by atoms with Crippen molar-refractivity contribution in [2.45, 2.75) is 19.9 Å². The Morgan fingerprint density at radius 2 is 2.25 bits per heavy atom. The highest BCUT2D eigenvalue weighted by atomic mass is 79.9. The van der Waals surface area contributed by atoms with Gasteiger partial charge in [0.15, 0.2) is 0 Å². The van der Waals surface area contributed by atoms with E-state index in [1.807, 2.05) is 20.2 Å². The van der Waals surface area contributed by atoms with E-state index in [1.165, 1.54) is 6.07 Å². The van der Waals surface area contributed by atoms with Gasteiger partial charge in [0.25, 0.3) is 5.69 Å². The molecular formula is C13H15BrN4O2. The third kappa shape index (κ3) is 3.16. The van der Waals surface area contributed by atoms with Crippen molar-refractivity contribution in [2.24, 2.45) is 7.05 Å². The average molecular weight is 339 g/mol. The molecule has 2 rings (SSSR count). The van der Waals surface area contributed by atoms with Crippen LogP contribution in [-0.4, -0.2) is 14.7 Å². The smallest absolute Gasteiger partial charge is 0.275 e. The number of hydrogen-bond acceptors (Lipinski definition) is 4. The number of nitro benzene ring substituents is 1. The Hall–Kier alpha value is -1.89. The van der Waals surface area contributed by atoms with Gasteiger partial charge in [-0.2, -0.15) is 5.10 Å². The monoisotopic (exact) mass is 338 g/mol. The SMILES string of the molecule is CCc1nn(C)cc1NCc1ccc(Br)cc1[N+](=O)[O-]. The van der Waals surface area contributed by atoms with E-state index in [2.05, 4.69) is 26.3 Å². The number of nitrogens with one attached hydrogen (secondary N) is 1. The minimum absolute atomic E-state index is 0.105. The molecule has 1 aromatic carbocycles. The van der Waals surface area contributed by atoms with Gasteiger partial charge in [0.2, 0.25) is 0 Å². The molecule has 1 heterocycles. The molecule has 0 aliphatic rings. The number of aromatic nitrogens is 2. The Morgan fingerprint density at radius 3 is 2.90 bits per heavy atom. The Balaban J connectivity index is 2.20. The molecule has 0 amide bonds. The minimum Gasteiger partial charge on any atom is -0.378 e. The summed E-state index contributed by atoms with van der Waals surface area (Å²) in [6.07, 6.45) is 2.69. The van der Waals surface area contributed by atoms with Crippen molar-refractivity contribution in [1.82, 2.24) is 9.78 Å². The predicted octanol–water partition coefficient (Wildman–Crippen LogP) is 3.27. The van der Waals surface area contributed by atoms with Gasteiger partial charge < -0.3 is 5.32 Å². The summed E-state index contributed by atoms with van der Waals surface area (Å²) in [5.41, 5.74) is 2.61. The highest BCUT2D eigenvalue weighted by molar-refractivity contribution is 9.10. The number of halogens is 1. The Morgan fingerprint density at radius 1 is 1.50 bits per heavy atom. The maximum Gasteiger partial charge on any atom is 0.275 e. The zero-order chi connectivity index (χ0) is 14.7. The third-order valence-corrected chi connectivity index (χ3v) is 3.45. The predicted molar refractivity (Wildman–Crippen MR) is 80.7 cm³/mol. The van der Waals surface area contributed by atoms with Crippen LogP contribution in [0.4, 0.5) is 11.4 Å². The summed E-state index contributed by atoms with van der Waals surface area (Å²) in [6, 6.07) is 5.06. The lowest BCUT2D eigenvalue weighted by Crippen LogP contribution is -2.04. The van der Waals surface area contributed by atoms with Crippen LogP contribution in [0.3, 0.4) is 0 Å². The lowest BCUT2D eigenvalue weighted by atomic mass is 10.1. The normalized spacial score (nSPS) is 10.6. The van der Waals surface area contributed by atoms with E-state index in [0.717, 1.165) is 17.8 Å². The lowest BCUT2D eigenvalue weighted by molar-refractivity contribution is -0.385. The van der Waals surface area contributed by atoms with E-state index in [4.69, 9.17) is 0 Å². The molecule has 0 aliphatic carbocycles. The zero-order valence-corrected chi connectivity index (χ0v) is 12.8. The van der Waals surface area contributed by atoms with Gasteiger partial charge in [-0.05, 0) is 18.6 Å². The molecule has 0 aliphatic heterocycles. The van der Waals surface area contributed by atoms with E-state index >= 15 is 0 Å². The van der Waals surface area contributed by atoms with Crippen molar-refractivity contribution < 1.29 is 4.92 Å². The maximum absolute atomic E-state index is 11.1. The summed E-state index contributed by atoms with van der Waals surface area (Å²) in [7, 11) is 1.85. The van der Waals surface area contributed by atoms with Gasteiger partial charge in [-0.3, -0.25) is 14.8 Å². The molecule has 0 spiro atoms. The topological polar surface area (TPSA) is 73.0 Å². The number of anilines is 1. The molecule has 2 aromatic rings. The molecule has 7 heteroatoms. The van der Waals surface area contributed by atoms with Crippen LogP contribution in [0.5, 0.6) is 0 Å². The first-order chi connectivity index (χ1) is 9.51. The molecule has 0 saturated heterocycles.